The number of hydrogen-bond acceptors (Lipinski definition) is 6. The molecule has 0 fully saturated rings. The number of rotatable bonds is 8. The summed E-state index contributed by atoms with van der Waals surface area (Å²) in [6.45, 7) is 1.17. The number of benzene rings is 2. The van der Waals surface area contributed by atoms with Crippen molar-refractivity contribution in [3.05, 3.63) is 58.6 Å². The first-order valence-corrected chi connectivity index (χ1v) is 10.8. The summed E-state index contributed by atoms with van der Waals surface area (Å²) in [5.41, 5.74) is 0.615. The molecule has 2 heterocycles. The summed E-state index contributed by atoms with van der Waals surface area (Å²) < 4.78 is 18.2. The molecule has 168 valence electrons. The van der Waals surface area contributed by atoms with Gasteiger partial charge in [-0.25, -0.2) is 4.98 Å². The largest absolute Gasteiger partial charge is 0.493 e. The molecule has 0 saturated heterocycles. The third kappa shape index (κ3) is 5.01. The van der Waals surface area contributed by atoms with Gasteiger partial charge in [-0.3, -0.25) is 14.2 Å². The standard InChI is InChI=1S/C24H27N3O5/c1-30-20-7-4-5-8-21(20)31-14-12-25-23(28)16-32-17-10-11-19-18(15-17)24(29)27-13-6-2-3-9-22(27)26-19/h4-5,7-8,10-11,15H,2-3,6,9,12-14,16H2,1H3,(H,25,28). The quantitative estimate of drug-likeness (QED) is 0.545. The van der Waals surface area contributed by atoms with Crippen LogP contribution in [0.2, 0.25) is 0 Å². The van der Waals surface area contributed by atoms with Crippen LogP contribution < -0.4 is 25.1 Å². The van der Waals surface area contributed by atoms with Crippen LogP contribution in [0.3, 0.4) is 0 Å². The molecule has 1 N–H and O–H groups in total. The van der Waals surface area contributed by atoms with Crippen LogP contribution >= 0.6 is 0 Å². The Labute approximate surface area is 186 Å². The number of carbonyl (C=O) groups excluding carboxylic acids is 1. The van der Waals surface area contributed by atoms with Crippen LogP contribution in [0.15, 0.2) is 47.3 Å². The van der Waals surface area contributed by atoms with Gasteiger partial charge in [0, 0.05) is 13.0 Å². The van der Waals surface area contributed by atoms with Crippen LogP contribution in [0.25, 0.3) is 10.9 Å². The molecule has 0 unspecified atom stereocenters. The molecule has 8 nitrogen and oxygen atoms in total. The second-order valence-electron chi connectivity index (χ2n) is 7.61. The summed E-state index contributed by atoms with van der Waals surface area (Å²) in [7, 11) is 1.58. The third-order valence-corrected chi connectivity index (χ3v) is 5.41. The van der Waals surface area contributed by atoms with Gasteiger partial charge < -0.3 is 19.5 Å². The number of aryl methyl sites for hydroxylation is 1. The summed E-state index contributed by atoms with van der Waals surface area (Å²) in [5.74, 6) is 2.30. The molecule has 0 atom stereocenters. The van der Waals surface area contributed by atoms with Crippen molar-refractivity contribution in [3.8, 4) is 17.2 Å². The highest BCUT2D eigenvalue weighted by atomic mass is 16.5. The molecule has 1 aromatic heterocycles. The van der Waals surface area contributed by atoms with Crippen LogP contribution in [0.1, 0.15) is 25.1 Å². The maximum absolute atomic E-state index is 12.9. The lowest BCUT2D eigenvalue weighted by atomic mass is 10.2. The van der Waals surface area contributed by atoms with Gasteiger partial charge in [-0.2, -0.15) is 0 Å². The van der Waals surface area contributed by atoms with Crippen LogP contribution in [0.5, 0.6) is 17.2 Å². The van der Waals surface area contributed by atoms with Crippen molar-refractivity contribution in [1.29, 1.82) is 0 Å². The Bertz CT molecular complexity index is 1160. The number of amides is 1. The maximum atomic E-state index is 12.9. The summed E-state index contributed by atoms with van der Waals surface area (Å²) in [5, 5.41) is 3.26. The summed E-state index contributed by atoms with van der Waals surface area (Å²) >= 11 is 0. The number of fused-ring (bicyclic) bond motifs is 2. The Hall–Kier alpha value is -3.55. The highest BCUT2D eigenvalue weighted by Gasteiger charge is 2.14. The number of aromatic nitrogens is 2. The molecule has 0 aliphatic carbocycles. The Morgan fingerprint density at radius 1 is 1.09 bits per heavy atom. The van der Waals surface area contributed by atoms with Crippen molar-refractivity contribution < 1.29 is 19.0 Å². The average molecular weight is 437 g/mol. The van der Waals surface area contributed by atoms with Crippen LogP contribution in [0, 0.1) is 0 Å². The van der Waals surface area contributed by atoms with Crippen molar-refractivity contribution >= 4 is 16.8 Å². The first kappa shape index (κ1) is 21.7. The lowest BCUT2D eigenvalue weighted by molar-refractivity contribution is -0.123. The van der Waals surface area contributed by atoms with Gasteiger partial charge in [-0.05, 0) is 43.2 Å². The average Bonchev–Trinajstić information content (AvgIpc) is 3.07. The van der Waals surface area contributed by atoms with Gasteiger partial charge in [0.15, 0.2) is 18.1 Å². The van der Waals surface area contributed by atoms with E-state index < -0.39 is 0 Å². The van der Waals surface area contributed by atoms with Crippen molar-refractivity contribution in [1.82, 2.24) is 14.9 Å². The van der Waals surface area contributed by atoms with E-state index in [0.717, 1.165) is 31.5 Å². The first-order chi connectivity index (χ1) is 15.7. The normalized spacial score (nSPS) is 13.2. The number of methoxy groups -OCH3 is 1. The van der Waals surface area contributed by atoms with Gasteiger partial charge in [0.1, 0.15) is 18.2 Å². The minimum Gasteiger partial charge on any atom is -0.493 e. The number of nitrogens with one attached hydrogen (secondary N) is 1. The van der Waals surface area contributed by atoms with Gasteiger partial charge in [0.25, 0.3) is 11.5 Å². The molecule has 32 heavy (non-hydrogen) atoms. The first-order valence-electron chi connectivity index (χ1n) is 10.8. The SMILES string of the molecule is COc1ccccc1OCCNC(=O)COc1ccc2nc3n(c(=O)c2c1)CCCCC3. The Morgan fingerprint density at radius 2 is 1.94 bits per heavy atom. The highest BCUT2D eigenvalue weighted by Crippen LogP contribution is 2.25. The van der Waals surface area contributed by atoms with Gasteiger partial charge >= 0.3 is 0 Å². The van der Waals surface area contributed by atoms with Gasteiger partial charge in [-0.1, -0.05) is 18.6 Å². The molecular weight excluding hydrogens is 410 g/mol. The van der Waals surface area contributed by atoms with E-state index in [1.165, 1.54) is 0 Å². The summed E-state index contributed by atoms with van der Waals surface area (Å²) in [4.78, 5) is 29.7. The molecule has 2 aromatic carbocycles. The van der Waals surface area contributed by atoms with Crippen LogP contribution in [-0.2, 0) is 17.8 Å². The predicted molar refractivity (Wildman–Crippen MR) is 121 cm³/mol. The molecule has 3 aromatic rings. The van der Waals surface area contributed by atoms with E-state index in [4.69, 9.17) is 14.2 Å². The van der Waals surface area contributed by atoms with E-state index in [0.29, 0.717) is 47.8 Å². The molecule has 0 radical (unpaired) electrons. The fourth-order valence-corrected chi connectivity index (χ4v) is 3.78. The van der Waals surface area contributed by atoms with Crippen LogP contribution in [0.4, 0.5) is 0 Å². The number of hydrogen-bond donors (Lipinski definition) is 1. The molecule has 1 amide bonds. The zero-order chi connectivity index (χ0) is 22.3. The molecule has 1 aliphatic rings. The monoisotopic (exact) mass is 437 g/mol. The minimum atomic E-state index is -0.273. The van der Waals surface area contributed by atoms with Crippen molar-refractivity contribution in [2.75, 3.05) is 26.9 Å². The summed E-state index contributed by atoms with van der Waals surface area (Å²) in [6.07, 6.45) is 3.96. The van der Waals surface area contributed by atoms with Crippen molar-refractivity contribution in [2.45, 2.75) is 32.2 Å². The Morgan fingerprint density at radius 3 is 2.78 bits per heavy atom. The predicted octanol–water partition coefficient (Wildman–Crippen LogP) is 2.71. The van der Waals surface area contributed by atoms with E-state index >= 15 is 0 Å². The van der Waals surface area contributed by atoms with Crippen LogP contribution in [-0.4, -0.2) is 42.3 Å². The van der Waals surface area contributed by atoms with E-state index in [1.54, 1.807) is 35.9 Å². The van der Waals surface area contributed by atoms with Gasteiger partial charge in [-0.15, -0.1) is 0 Å². The van der Waals surface area contributed by atoms with Gasteiger partial charge in [0.2, 0.25) is 0 Å². The molecule has 0 spiro atoms. The van der Waals surface area contributed by atoms with Crippen molar-refractivity contribution in [2.24, 2.45) is 0 Å². The lowest BCUT2D eigenvalue weighted by Gasteiger charge is -2.12. The lowest BCUT2D eigenvalue weighted by Crippen LogP contribution is -2.32. The minimum absolute atomic E-state index is 0.0460. The summed E-state index contributed by atoms with van der Waals surface area (Å²) in [6, 6.07) is 12.5. The van der Waals surface area contributed by atoms with Gasteiger partial charge in [0.05, 0.1) is 24.6 Å². The molecule has 1 aliphatic heterocycles. The van der Waals surface area contributed by atoms with E-state index in [2.05, 4.69) is 10.3 Å². The maximum Gasteiger partial charge on any atom is 0.261 e. The Kier molecular flexibility index (Phi) is 6.89. The molecule has 8 heteroatoms. The van der Waals surface area contributed by atoms with E-state index in [1.807, 2.05) is 18.2 Å². The Balaban J connectivity index is 1.31. The topological polar surface area (TPSA) is 91.7 Å². The number of carbonyl (C=O) groups is 1. The fourth-order valence-electron chi connectivity index (χ4n) is 3.78. The number of para-hydroxylation sites is 2. The third-order valence-electron chi connectivity index (χ3n) is 5.41. The fraction of sp³-hybridized carbons (Fsp3) is 0.375. The van der Waals surface area contributed by atoms with E-state index in [-0.39, 0.29) is 18.1 Å². The number of ether oxygens (including phenoxy) is 3. The highest BCUT2D eigenvalue weighted by molar-refractivity contribution is 5.80. The molecule has 0 bridgehead atoms. The molecule has 4 rings (SSSR count). The second kappa shape index (κ2) is 10.2. The second-order valence-corrected chi connectivity index (χ2v) is 7.61. The zero-order valence-corrected chi connectivity index (χ0v) is 18.1. The van der Waals surface area contributed by atoms with Crippen molar-refractivity contribution in [3.63, 3.8) is 0 Å². The van der Waals surface area contributed by atoms with E-state index in [9.17, 15) is 9.59 Å². The smallest absolute Gasteiger partial charge is 0.261 e. The molecular formula is C24H27N3O5. The zero-order valence-electron chi connectivity index (χ0n) is 18.1. The molecule has 0 saturated carbocycles. The number of nitrogens with zero attached hydrogens (tertiary/aromatic N) is 2.